The molecule has 0 spiro atoms. The van der Waals surface area contributed by atoms with Crippen molar-refractivity contribution in [3.8, 4) is 0 Å². The standard InChI is InChI=1S/C17H23N3O2/c1-18(2)15-7-5-14(6-8-15)17(22)20-11-9-19(10-12-20)16(21)13-3-4-13/h5-8,13H,3-4,9-12H2,1-2H3. The number of piperazine rings is 1. The fourth-order valence-electron chi connectivity index (χ4n) is 2.80. The number of benzene rings is 1. The number of amides is 2. The number of carbonyl (C=O) groups is 2. The maximum absolute atomic E-state index is 12.5. The van der Waals surface area contributed by atoms with Gasteiger partial charge >= 0.3 is 0 Å². The van der Waals surface area contributed by atoms with E-state index in [2.05, 4.69) is 0 Å². The van der Waals surface area contributed by atoms with E-state index in [0.717, 1.165) is 18.5 Å². The molecule has 0 bridgehead atoms. The van der Waals surface area contributed by atoms with E-state index in [-0.39, 0.29) is 17.7 Å². The van der Waals surface area contributed by atoms with E-state index in [1.54, 1.807) is 0 Å². The molecule has 0 atom stereocenters. The monoisotopic (exact) mass is 301 g/mol. The molecular formula is C17H23N3O2. The summed E-state index contributed by atoms with van der Waals surface area (Å²) in [5.74, 6) is 0.604. The van der Waals surface area contributed by atoms with Crippen LogP contribution in [-0.2, 0) is 4.79 Å². The molecule has 1 heterocycles. The minimum atomic E-state index is 0.0591. The zero-order valence-electron chi connectivity index (χ0n) is 13.3. The van der Waals surface area contributed by atoms with Gasteiger partial charge in [0.25, 0.3) is 5.91 Å². The lowest BCUT2D eigenvalue weighted by Crippen LogP contribution is -2.51. The SMILES string of the molecule is CN(C)c1ccc(C(=O)N2CCN(C(=O)C3CC3)CC2)cc1. The highest BCUT2D eigenvalue weighted by Crippen LogP contribution is 2.31. The molecule has 2 aliphatic rings. The van der Waals surface area contributed by atoms with E-state index in [1.165, 1.54) is 0 Å². The molecule has 3 rings (SSSR count). The molecule has 5 nitrogen and oxygen atoms in total. The normalized spacial score (nSPS) is 18.3. The smallest absolute Gasteiger partial charge is 0.253 e. The third-order valence-electron chi connectivity index (χ3n) is 4.44. The molecule has 0 N–H and O–H groups in total. The first-order valence-corrected chi connectivity index (χ1v) is 7.91. The van der Waals surface area contributed by atoms with E-state index in [0.29, 0.717) is 31.7 Å². The highest BCUT2D eigenvalue weighted by atomic mass is 16.2. The van der Waals surface area contributed by atoms with Gasteiger partial charge in [-0.05, 0) is 37.1 Å². The third-order valence-corrected chi connectivity index (χ3v) is 4.44. The maximum Gasteiger partial charge on any atom is 0.253 e. The van der Waals surface area contributed by atoms with Gasteiger partial charge in [-0.3, -0.25) is 9.59 Å². The summed E-state index contributed by atoms with van der Waals surface area (Å²) in [5.41, 5.74) is 1.80. The average molecular weight is 301 g/mol. The van der Waals surface area contributed by atoms with Crippen molar-refractivity contribution in [2.75, 3.05) is 45.2 Å². The van der Waals surface area contributed by atoms with Gasteiger partial charge in [-0.25, -0.2) is 0 Å². The predicted octanol–water partition coefficient (Wildman–Crippen LogP) is 1.45. The van der Waals surface area contributed by atoms with Crippen LogP contribution in [0.15, 0.2) is 24.3 Å². The van der Waals surface area contributed by atoms with E-state index in [1.807, 2.05) is 53.1 Å². The second kappa shape index (κ2) is 5.99. The first kappa shape index (κ1) is 14.9. The van der Waals surface area contributed by atoms with Crippen LogP contribution in [0.25, 0.3) is 0 Å². The van der Waals surface area contributed by atoms with E-state index < -0.39 is 0 Å². The highest BCUT2D eigenvalue weighted by Gasteiger charge is 2.35. The number of hydrogen-bond donors (Lipinski definition) is 0. The van der Waals surface area contributed by atoms with E-state index in [4.69, 9.17) is 0 Å². The lowest BCUT2D eigenvalue weighted by atomic mass is 10.1. The van der Waals surface area contributed by atoms with Crippen molar-refractivity contribution in [3.63, 3.8) is 0 Å². The largest absolute Gasteiger partial charge is 0.378 e. The second-order valence-corrected chi connectivity index (χ2v) is 6.33. The van der Waals surface area contributed by atoms with Gasteiger partial charge in [0.15, 0.2) is 0 Å². The van der Waals surface area contributed by atoms with Gasteiger partial charge < -0.3 is 14.7 Å². The Balaban J connectivity index is 1.58. The molecule has 0 radical (unpaired) electrons. The van der Waals surface area contributed by atoms with Crippen molar-refractivity contribution >= 4 is 17.5 Å². The summed E-state index contributed by atoms with van der Waals surface area (Å²) in [6.07, 6.45) is 2.08. The molecule has 1 aliphatic heterocycles. The van der Waals surface area contributed by atoms with Crippen molar-refractivity contribution in [2.45, 2.75) is 12.8 Å². The number of hydrogen-bond acceptors (Lipinski definition) is 3. The van der Waals surface area contributed by atoms with Crippen molar-refractivity contribution < 1.29 is 9.59 Å². The van der Waals surface area contributed by atoms with Crippen LogP contribution in [0.2, 0.25) is 0 Å². The van der Waals surface area contributed by atoms with Crippen LogP contribution in [0, 0.1) is 5.92 Å². The number of nitrogens with zero attached hydrogens (tertiary/aromatic N) is 3. The summed E-state index contributed by atoms with van der Waals surface area (Å²) in [4.78, 5) is 30.3. The summed E-state index contributed by atoms with van der Waals surface area (Å²) in [6.45, 7) is 2.59. The average Bonchev–Trinajstić information content (AvgIpc) is 3.38. The lowest BCUT2D eigenvalue weighted by molar-refractivity contribution is -0.134. The van der Waals surface area contributed by atoms with Gasteiger partial charge in [0.2, 0.25) is 5.91 Å². The predicted molar refractivity (Wildman–Crippen MR) is 86.0 cm³/mol. The van der Waals surface area contributed by atoms with Gasteiger partial charge in [0.1, 0.15) is 0 Å². The first-order valence-electron chi connectivity index (χ1n) is 7.91. The van der Waals surface area contributed by atoms with E-state index >= 15 is 0 Å². The first-order chi connectivity index (χ1) is 10.6. The van der Waals surface area contributed by atoms with Gasteiger partial charge in [-0.1, -0.05) is 0 Å². The molecular weight excluding hydrogens is 278 g/mol. The number of anilines is 1. The van der Waals surface area contributed by atoms with Crippen molar-refractivity contribution in [1.82, 2.24) is 9.80 Å². The van der Waals surface area contributed by atoms with Crippen LogP contribution >= 0.6 is 0 Å². The molecule has 1 saturated carbocycles. The van der Waals surface area contributed by atoms with Gasteiger partial charge in [0, 0.05) is 57.4 Å². The summed E-state index contributed by atoms with van der Waals surface area (Å²) in [5, 5.41) is 0. The summed E-state index contributed by atoms with van der Waals surface area (Å²) in [6, 6.07) is 7.67. The Morgan fingerprint density at radius 3 is 2.00 bits per heavy atom. The van der Waals surface area contributed by atoms with Gasteiger partial charge in [-0.2, -0.15) is 0 Å². The summed E-state index contributed by atoms with van der Waals surface area (Å²) >= 11 is 0. The van der Waals surface area contributed by atoms with Crippen LogP contribution < -0.4 is 4.90 Å². The Bertz CT molecular complexity index is 556. The number of carbonyl (C=O) groups excluding carboxylic acids is 2. The summed E-state index contributed by atoms with van der Waals surface area (Å²) < 4.78 is 0. The molecule has 2 fully saturated rings. The van der Waals surface area contributed by atoms with Gasteiger partial charge in [0.05, 0.1) is 0 Å². The highest BCUT2D eigenvalue weighted by molar-refractivity contribution is 5.94. The van der Waals surface area contributed by atoms with Crippen LogP contribution in [0.1, 0.15) is 23.2 Å². The summed E-state index contributed by atoms with van der Waals surface area (Å²) in [7, 11) is 3.96. The molecule has 1 saturated heterocycles. The Hall–Kier alpha value is -2.04. The molecule has 1 aromatic rings. The Morgan fingerprint density at radius 2 is 1.50 bits per heavy atom. The van der Waals surface area contributed by atoms with Crippen LogP contribution in [0.3, 0.4) is 0 Å². The Morgan fingerprint density at radius 1 is 0.955 bits per heavy atom. The maximum atomic E-state index is 12.5. The van der Waals surface area contributed by atoms with Crippen LogP contribution in [-0.4, -0.2) is 61.9 Å². The molecule has 22 heavy (non-hydrogen) atoms. The fourth-order valence-corrected chi connectivity index (χ4v) is 2.80. The van der Waals surface area contributed by atoms with Crippen LogP contribution in [0.4, 0.5) is 5.69 Å². The zero-order valence-corrected chi connectivity index (χ0v) is 13.3. The molecule has 1 aliphatic carbocycles. The van der Waals surface area contributed by atoms with Gasteiger partial charge in [-0.15, -0.1) is 0 Å². The molecule has 5 heteroatoms. The molecule has 0 aromatic heterocycles. The molecule has 1 aromatic carbocycles. The van der Waals surface area contributed by atoms with E-state index in [9.17, 15) is 9.59 Å². The Kier molecular flexibility index (Phi) is 4.05. The Labute approximate surface area is 131 Å². The van der Waals surface area contributed by atoms with Crippen molar-refractivity contribution in [1.29, 1.82) is 0 Å². The quantitative estimate of drug-likeness (QED) is 0.849. The minimum Gasteiger partial charge on any atom is -0.378 e. The zero-order chi connectivity index (χ0) is 15.7. The van der Waals surface area contributed by atoms with Crippen molar-refractivity contribution in [2.24, 2.45) is 5.92 Å². The molecule has 0 unspecified atom stereocenters. The fraction of sp³-hybridized carbons (Fsp3) is 0.529. The second-order valence-electron chi connectivity index (χ2n) is 6.33. The number of rotatable bonds is 3. The van der Waals surface area contributed by atoms with Crippen molar-refractivity contribution in [3.05, 3.63) is 29.8 Å². The topological polar surface area (TPSA) is 43.9 Å². The lowest BCUT2D eigenvalue weighted by Gasteiger charge is -2.35. The molecule has 118 valence electrons. The third kappa shape index (κ3) is 3.08. The molecule has 2 amide bonds. The minimum absolute atomic E-state index is 0.0591. The van der Waals surface area contributed by atoms with Crippen LogP contribution in [0.5, 0.6) is 0 Å².